The summed E-state index contributed by atoms with van der Waals surface area (Å²) < 4.78 is 51.5. The van der Waals surface area contributed by atoms with Crippen molar-refractivity contribution in [2.45, 2.75) is 12.7 Å². The summed E-state index contributed by atoms with van der Waals surface area (Å²) >= 11 is 0. The van der Waals surface area contributed by atoms with Gasteiger partial charge >= 0.3 is 5.97 Å². The average molecular weight is 493 g/mol. The molecule has 1 aromatic heterocycles. The number of benzene rings is 1. The first-order valence-corrected chi connectivity index (χ1v) is 11.8. The predicted octanol–water partition coefficient (Wildman–Crippen LogP) is 3.19. The van der Waals surface area contributed by atoms with E-state index in [2.05, 4.69) is 10.3 Å². The molecule has 0 atom stereocenters. The van der Waals surface area contributed by atoms with Crippen LogP contribution in [0.25, 0.3) is 6.08 Å². The van der Waals surface area contributed by atoms with E-state index in [-0.39, 0.29) is 18.2 Å². The van der Waals surface area contributed by atoms with E-state index >= 15 is 0 Å². The van der Waals surface area contributed by atoms with Crippen LogP contribution in [0, 0.1) is 0 Å². The van der Waals surface area contributed by atoms with Gasteiger partial charge in [0.1, 0.15) is 22.9 Å². The Morgan fingerprint density at radius 1 is 1.03 bits per heavy atom. The highest BCUT2D eigenvalue weighted by Crippen LogP contribution is 2.35. The molecule has 1 aromatic carbocycles. The van der Waals surface area contributed by atoms with Gasteiger partial charge in [-0.15, -0.1) is 0 Å². The van der Waals surface area contributed by atoms with Gasteiger partial charge in [-0.2, -0.15) is 0 Å². The number of ether oxygens (including phenoxy) is 5. The van der Waals surface area contributed by atoms with Crippen molar-refractivity contribution >= 4 is 27.6 Å². The molecule has 0 unspecified atom stereocenters. The number of pyridine rings is 1. The largest absolute Gasteiger partial charge is 0.496 e. The second-order valence-corrected chi connectivity index (χ2v) is 8.57. The quantitative estimate of drug-likeness (QED) is 0.349. The van der Waals surface area contributed by atoms with Gasteiger partial charge in [-0.05, 0) is 24.6 Å². The Labute approximate surface area is 199 Å². The van der Waals surface area contributed by atoms with Crippen LogP contribution in [0.1, 0.15) is 18.1 Å². The highest BCUT2D eigenvalue weighted by atomic mass is 32.2. The lowest BCUT2D eigenvalue weighted by Crippen LogP contribution is -2.04. The molecule has 2 aromatic rings. The fourth-order valence-electron chi connectivity index (χ4n) is 2.88. The lowest BCUT2D eigenvalue weighted by Gasteiger charge is -2.12. The Morgan fingerprint density at radius 2 is 1.71 bits per heavy atom. The van der Waals surface area contributed by atoms with Gasteiger partial charge in [-0.1, -0.05) is 0 Å². The van der Waals surface area contributed by atoms with Gasteiger partial charge in [0.15, 0.2) is 9.84 Å². The average Bonchev–Trinajstić information content (AvgIpc) is 2.82. The van der Waals surface area contributed by atoms with Crippen molar-refractivity contribution in [1.82, 2.24) is 4.98 Å². The van der Waals surface area contributed by atoms with Gasteiger partial charge < -0.3 is 29.0 Å². The number of carbonyl (C=O) groups is 1. The highest BCUT2D eigenvalue weighted by Gasteiger charge is 2.15. The second kappa shape index (κ2) is 12.5. The van der Waals surface area contributed by atoms with E-state index in [1.54, 1.807) is 25.1 Å². The lowest BCUT2D eigenvalue weighted by molar-refractivity contribution is -0.137. The third-order valence-electron chi connectivity index (χ3n) is 4.41. The summed E-state index contributed by atoms with van der Waals surface area (Å²) in [5.41, 5.74) is 1.25. The Hall–Kier alpha value is -3.73. The van der Waals surface area contributed by atoms with Crippen molar-refractivity contribution in [3.63, 3.8) is 0 Å². The molecule has 34 heavy (non-hydrogen) atoms. The number of anilines is 1. The van der Waals surface area contributed by atoms with Crippen molar-refractivity contribution in [1.29, 1.82) is 0 Å². The van der Waals surface area contributed by atoms with E-state index in [0.717, 1.165) is 5.41 Å². The molecule has 1 N–H and O–H groups in total. The van der Waals surface area contributed by atoms with Crippen LogP contribution < -0.4 is 24.3 Å². The summed E-state index contributed by atoms with van der Waals surface area (Å²) in [6.45, 7) is 1.95. The normalized spacial score (nSPS) is 11.4. The molecule has 2 rings (SSSR count). The number of hydrogen-bond acceptors (Lipinski definition) is 10. The molecule has 184 valence electrons. The smallest absolute Gasteiger partial charge is 0.332 e. The Morgan fingerprint density at radius 3 is 2.26 bits per heavy atom. The van der Waals surface area contributed by atoms with Crippen molar-refractivity contribution in [2.24, 2.45) is 0 Å². The summed E-state index contributed by atoms with van der Waals surface area (Å²) in [4.78, 5) is 15.6. The van der Waals surface area contributed by atoms with Gasteiger partial charge in [0.05, 0.1) is 46.4 Å². The first-order chi connectivity index (χ1) is 16.3. The minimum absolute atomic E-state index is 0.234. The molecular formula is C23H28N2O8S. The van der Waals surface area contributed by atoms with Crippen molar-refractivity contribution in [3.8, 4) is 23.1 Å². The molecule has 0 saturated carbocycles. The van der Waals surface area contributed by atoms with Crippen LogP contribution in [0.15, 0.2) is 42.1 Å². The van der Waals surface area contributed by atoms with E-state index < -0.39 is 15.8 Å². The second-order valence-electron chi connectivity index (χ2n) is 6.69. The van der Waals surface area contributed by atoms with E-state index in [1.807, 2.05) is 0 Å². The van der Waals surface area contributed by atoms with Crippen LogP contribution in [0.3, 0.4) is 0 Å². The lowest BCUT2D eigenvalue weighted by atomic mass is 10.1. The van der Waals surface area contributed by atoms with Crippen LogP contribution in [0.2, 0.25) is 0 Å². The summed E-state index contributed by atoms with van der Waals surface area (Å²) in [5.74, 6) is 0.697. The minimum Gasteiger partial charge on any atom is -0.496 e. The van der Waals surface area contributed by atoms with Crippen molar-refractivity contribution < 1.29 is 36.9 Å². The molecule has 0 radical (unpaired) electrons. The molecule has 0 aliphatic heterocycles. The Kier molecular flexibility index (Phi) is 9.75. The first-order valence-electron chi connectivity index (χ1n) is 10.1. The van der Waals surface area contributed by atoms with E-state index in [1.165, 1.54) is 53.0 Å². The number of esters is 1. The number of hydrogen-bond donors (Lipinski definition) is 1. The summed E-state index contributed by atoms with van der Waals surface area (Å²) in [6, 6.07) is 4.83. The molecule has 1 heterocycles. The number of aromatic nitrogens is 1. The van der Waals surface area contributed by atoms with Gasteiger partial charge in [-0.25, -0.2) is 18.2 Å². The zero-order valence-corrected chi connectivity index (χ0v) is 20.5. The zero-order chi connectivity index (χ0) is 25.1. The van der Waals surface area contributed by atoms with E-state index in [0.29, 0.717) is 34.1 Å². The number of nitrogens with zero attached hydrogens (tertiary/aromatic N) is 1. The fraction of sp³-hybridized carbons (Fsp3) is 0.304. The van der Waals surface area contributed by atoms with Gasteiger partial charge in [0, 0.05) is 36.0 Å². The standard InChI is InChI=1S/C23H28N2O8S/c1-6-33-22(26)7-9-24-19-11-16(14-25-23(19)32-5)15-34(27,28)10-8-18-20(30-3)12-17(29-2)13-21(18)31-4/h7-14,24H,6,15H2,1-5H3/b9-7-,10-8+. The predicted molar refractivity (Wildman–Crippen MR) is 128 cm³/mol. The summed E-state index contributed by atoms with van der Waals surface area (Å²) in [6.07, 6.45) is 5.37. The third-order valence-corrected chi connectivity index (χ3v) is 5.70. The molecule has 0 saturated heterocycles. The number of nitrogens with one attached hydrogen (secondary N) is 1. The van der Waals surface area contributed by atoms with E-state index in [4.69, 9.17) is 23.7 Å². The van der Waals surface area contributed by atoms with Crippen molar-refractivity contribution in [2.75, 3.05) is 40.4 Å². The van der Waals surface area contributed by atoms with Gasteiger partial charge in [-0.3, -0.25) is 0 Å². The minimum atomic E-state index is -3.70. The van der Waals surface area contributed by atoms with E-state index in [9.17, 15) is 13.2 Å². The van der Waals surface area contributed by atoms with Crippen LogP contribution in [0.4, 0.5) is 5.69 Å². The topological polar surface area (TPSA) is 122 Å². The van der Waals surface area contributed by atoms with Crippen molar-refractivity contribution in [3.05, 3.63) is 53.2 Å². The third kappa shape index (κ3) is 7.41. The molecule has 0 amide bonds. The summed E-state index contributed by atoms with van der Waals surface area (Å²) in [7, 11) is 2.17. The SMILES string of the molecule is CCOC(=O)/C=C\Nc1cc(CS(=O)(=O)/C=C/c2c(OC)cc(OC)cc2OC)cnc1OC. The molecule has 0 bridgehead atoms. The van der Waals surface area contributed by atoms with Gasteiger partial charge in [0.25, 0.3) is 0 Å². The number of methoxy groups -OCH3 is 4. The molecular weight excluding hydrogens is 464 g/mol. The Bertz CT molecular complexity index is 1130. The molecule has 0 aliphatic rings. The number of carbonyl (C=O) groups excluding carboxylic acids is 1. The number of rotatable bonds is 12. The fourth-order valence-corrected chi connectivity index (χ4v) is 3.94. The molecule has 0 fully saturated rings. The molecule has 10 nitrogen and oxygen atoms in total. The maximum atomic E-state index is 12.8. The molecule has 0 spiro atoms. The Balaban J connectivity index is 2.26. The van der Waals surface area contributed by atoms with Crippen LogP contribution >= 0.6 is 0 Å². The maximum Gasteiger partial charge on any atom is 0.332 e. The zero-order valence-electron chi connectivity index (χ0n) is 19.7. The summed E-state index contributed by atoms with van der Waals surface area (Å²) in [5, 5.41) is 3.93. The molecule has 11 heteroatoms. The monoisotopic (exact) mass is 492 g/mol. The maximum absolute atomic E-state index is 12.8. The number of sulfone groups is 1. The van der Waals surface area contributed by atoms with Crippen LogP contribution in [0.5, 0.6) is 23.1 Å². The van der Waals surface area contributed by atoms with Crippen LogP contribution in [-0.2, 0) is 25.1 Å². The van der Waals surface area contributed by atoms with Gasteiger partial charge in [0.2, 0.25) is 5.88 Å². The highest BCUT2D eigenvalue weighted by molar-refractivity contribution is 7.93. The van der Waals surface area contributed by atoms with Crippen LogP contribution in [-0.4, -0.2) is 54.4 Å². The first kappa shape index (κ1) is 26.5. The molecule has 0 aliphatic carbocycles.